The Morgan fingerprint density at radius 2 is 2.00 bits per heavy atom. The van der Waals surface area contributed by atoms with E-state index in [1.165, 1.54) is 12.1 Å². The highest BCUT2D eigenvalue weighted by Crippen LogP contribution is 2.38. The van der Waals surface area contributed by atoms with Gasteiger partial charge in [0.15, 0.2) is 5.49 Å². The van der Waals surface area contributed by atoms with Crippen molar-refractivity contribution in [2.45, 2.75) is 76.7 Å². The quantitative estimate of drug-likeness (QED) is 0.635. The van der Waals surface area contributed by atoms with E-state index in [-0.39, 0.29) is 29.7 Å². The SMILES string of the molecule is Cn1c(C(C)(C)C)c/c(=N\C(=O)c2cccc(C(F)(F)F)c2OC[C@@H]2CCCN2)n1C[C@H]1CCCO1. The molecule has 10 heteroatoms. The summed E-state index contributed by atoms with van der Waals surface area (Å²) in [6, 6.07) is 5.27. The van der Waals surface area contributed by atoms with Crippen LogP contribution in [0.3, 0.4) is 0 Å². The van der Waals surface area contributed by atoms with Crippen LogP contribution in [0.15, 0.2) is 29.3 Å². The van der Waals surface area contributed by atoms with Crippen LogP contribution in [0.4, 0.5) is 13.2 Å². The minimum atomic E-state index is -4.67. The van der Waals surface area contributed by atoms with Gasteiger partial charge in [0, 0.05) is 36.9 Å². The second-order valence-electron chi connectivity index (χ2n) is 10.6. The summed E-state index contributed by atoms with van der Waals surface area (Å²) in [6.45, 7) is 8.20. The lowest BCUT2D eigenvalue weighted by Gasteiger charge is -2.21. The minimum absolute atomic E-state index is 0.00756. The zero-order valence-corrected chi connectivity index (χ0v) is 21.3. The van der Waals surface area contributed by atoms with Gasteiger partial charge in [0.2, 0.25) is 0 Å². The number of rotatable bonds is 6. The number of carbonyl (C=O) groups is 1. The van der Waals surface area contributed by atoms with Crippen LogP contribution in [-0.2, 0) is 29.9 Å². The van der Waals surface area contributed by atoms with E-state index in [9.17, 15) is 18.0 Å². The molecule has 2 aromatic rings. The molecule has 0 radical (unpaired) electrons. The number of hydrogen-bond donors (Lipinski definition) is 1. The van der Waals surface area contributed by atoms with Crippen LogP contribution >= 0.6 is 0 Å². The first-order valence-corrected chi connectivity index (χ1v) is 12.5. The number of nitrogens with one attached hydrogen (secondary N) is 1. The molecule has 0 spiro atoms. The summed E-state index contributed by atoms with van der Waals surface area (Å²) in [7, 11) is 1.90. The van der Waals surface area contributed by atoms with Gasteiger partial charge < -0.3 is 14.8 Å². The maximum Gasteiger partial charge on any atom is 0.419 e. The maximum atomic E-state index is 13.8. The second-order valence-corrected chi connectivity index (χ2v) is 10.6. The van der Waals surface area contributed by atoms with Gasteiger partial charge in [0.1, 0.15) is 12.4 Å². The van der Waals surface area contributed by atoms with Gasteiger partial charge in [0.25, 0.3) is 5.91 Å². The lowest BCUT2D eigenvalue weighted by atomic mass is 9.92. The molecule has 198 valence electrons. The number of benzene rings is 1. The minimum Gasteiger partial charge on any atom is -0.490 e. The molecule has 1 amide bonds. The number of halogens is 3. The summed E-state index contributed by atoms with van der Waals surface area (Å²) in [4.78, 5) is 17.7. The maximum absolute atomic E-state index is 13.8. The summed E-state index contributed by atoms with van der Waals surface area (Å²) in [5, 5.41) is 3.21. The van der Waals surface area contributed by atoms with Crippen LogP contribution in [0, 0.1) is 0 Å². The third-order valence-electron chi connectivity index (χ3n) is 6.77. The van der Waals surface area contributed by atoms with Crippen molar-refractivity contribution in [3.8, 4) is 5.75 Å². The van der Waals surface area contributed by atoms with E-state index in [1.54, 1.807) is 0 Å². The smallest absolute Gasteiger partial charge is 0.419 e. The van der Waals surface area contributed by atoms with Gasteiger partial charge >= 0.3 is 6.18 Å². The lowest BCUT2D eigenvalue weighted by molar-refractivity contribution is -0.139. The molecule has 0 saturated carbocycles. The Kier molecular flexibility index (Phi) is 7.66. The van der Waals surface area contributed by atoms with E-state index in [0.29, 0.717) is 18.6 Å². The predicted molar refractivity (Wildman–Crippen MR) is 129 cm³/mol. The first-order valence-electron chi connectivity index (χ1n) is 12.5. The number of amides is 1. The molecule has 1 aromatic carbocycles. The summed E-state index contributed by atoms with van der Waals surface area (Å²) in [5.74, 6) is -1.24. The fraction of sp³-hybridized carbons (Fsp3) is 0.615. The molecule has 2 fully saturated rings. The van der Waals surface area contributed by atoms with E-state index in [1.807, 2.05) is 22.5 Å². The van der Waals surface area contributed by atoms with E-state index in [0.717, 1.165) is 44.0 Å². The topological polar surface area (TPSA) is 69.8 Å². The molecule has 0 bridgehead atoms. The Balaban J connectivity index is 1.75. The molecule has 2 saturated heterocycles. The van der Waals surface area contributed by atoms with Gasteiger partial charge in [0.05, 0.1) is 23.8 Å². The number of carbonyl (C=O) groups excluding carboxylic acids is 1. The number of nitrogens with zero attached hydrogens (tertiary/aromatic N) is 3. The van der Waals surface area contributed by atoms with Crippen molar-refractivity contribution < 1.29 is 27.4 Å². The Morgan fingerprint density at radius 3 is 2.61 bits per heavy atom. The van der Waals surface area contributed by atoms with Crippen molar-refractivity contribution in [1.29, 1.82) is 0 Å². The molecule has 0 unspecified atom stereocenters. The Bertz CT molecular complexity index is 1150. The highest BCUT2D eigenvalue weighted by atomic mass is 19.4. The molecule has 0 aliphatic carbocycles. The molecule has 7 nitrogen and oxygen atoms in total. The monoisotopic (exact) mass is 508 g/mol. The fourth-order valence-corrected chi connectivity index (χ4v) is 4.89. The largest absolute Gasteiger partial charge is 0.490 e. The summed E-state index contributed by atoms with van der Waals surface area (Å²) >= 11 is 0. The Hall–Kier alpha value is -2.59. The normalized spacial score (nSPS) is 21.4. The Labute approximate surface area is 209 Å². The van der Waals surface area contributed by atoms with Crippen molar-refractivity contribution in [1.82, 2.24) is 14.7 Å². The van der Waals surface area contributed by atoms with Crippen LogP contribution in [0.2, 0.25) is 0 Å². The van der Waals surface area contributed by atoms with Gasteiger partial charge in [-0.3, -0.25) is 14.2 Å². The van der Waals surface area contributed by atoms with E-state index < -0.39 is 23.4 Å². The molecule has 1 aromatic heterocycles. The van der Waals surface area contributed by atoms with Gasteiger partial charge in [-0.25, -0.2) is 0 Å². The average molecular weight is 509 g/mol. The van der Waals surface area contributed by atoms with Crippen molar-refractivity contribution in [2.75, 3.05) is 19.8 Å². The van der Waals surface area contributed by atoms with E-state index in [4.69, 9.17) is 9.47 Å². The van der Waals surface area contributed by atoms with Crippen molar-refractivity contribution in [3.63, 3.8) is 0 Å². The number of alkyl halides is 3. The standard InChI is InChI=1S/C26H35F3N4O3/c1-25(2,3)21-14-22(33(32(21)4)15-18-9-7-13-35-18)31-24(34)19-10-5-11-20(26(27,28)29)23(19)36-16-17-8-6-12-30-17/h5,10-11,14,17-18,30H,6-9,12-13,15-16H2,1-4H3/b31-22+/t17-,18+/m0/s1. The number of ether oxygens (including phenoxy) is 2. The number of para-hydroxylation sites is 1. The van der Waals surface area contributed by atoms with Crippen LogP contribution in [-0.4, -0.2) is 47.2 Å². The van der Waals surface area contributed by atoms with Crippen molar-refractivity contribution in [3.05, 3.63) is 46.6 Å². The molecule has 1 N–H and O–H groups in total. The van der Waals surface area contributed by atoms with Crippen LogP contribution in [0.25, 0.3) is 0 Å². The van der Waals surface area contributed by atoms with Gasteiger partial charge in [-0.05, 0) is 44.4 Å². The summed E-state index contributed by atoms with van der Waals surface area (Å²) in [6.07, 6.45) is -1.06. The molecular weight excluding hydrogens is 473 g/mol. The van der Waals surface area contributed by atoms with E-state index >= 15 is 0 Å². The Morgan fingerprint density at radius 1 is 1.22 bits per heavy atom. The van der Waals surface area contributed by atoms with Gasteiger partial charge in [-0.1, -0.05) is 26.8 Å². The van der Waals surface area contributed by atoms with Crippen molar-refractivity contribution in [2.24, 2.45) is 12.0 Å². The van der Waals surface area contributed by atoms with Crippen LogP contribution in [0.1, 0.15) is 68.1 Å². The van der Waals surface area contributed by atoms with Crippen LogP contribution < -0.4 is 15.5 Å². The molecule has 36 heavy (non-hydrogen) atoms. The van der Waals surface area contributed by atoms with Gasteiger partial charge in [-0.15, -0.1) is 0 Å². The third-order valence-corrected chi connectivity index (χ3v) is 6.77. The second kappa shape index (κ2) is 10.4. The summed E-state index contributed by atoms with van der Waals surface area (Å²) in [5.41, 5.74) is -0.0868. The fourth-order valence-electron chi connectivity index (χ4n) is 4.89. The molecule has 2 aliphatic heterocycles. The molecule has 2 aliphatic rings. The first kappa shape index (κ1) is 26.5. The number of aromatic nitrogens is 2. The highest BCUT2D eigenvalue weighted by Gasteiger charge is 2.37. The third kappa shape index (κ3) is 5.86. The first-order chi connectivity index (χ1) is 16.9. The molecular formula is C26H35F3N4O3. The number of hydrogen-bond acceptors (Lipinski definition) is 4. The average Bonchev–Trinajstić information content (AvgIpc) is 3.55. The van der Waals surface area contributed by atoms with Crippen LogP contribution in [0.5, 0.6) is 5.75 Å². The van der Waals surface area contributed by atoms with E-state index in [2.05, 4.69) is 31.1 Å². The lowest BCUT2D eigenvalue weighted by Crippen LogP contribution is -2.30. The zero-order valence-electron chi connectivity index (χ0n) is 21.3. The molecule has 3 heterocycles. The zero-order chi connectivity index (χ0) is 26.1. The van der Waals surface area contributed by atoms with Gasteiger partial charge in [-0.2, -0.15) is 18.2 Å². The summed E-state index contributed by atoms with van der Waals surface area (Å²) < 4.78 is 56.8. The molecule has 2 atom stereocenters. The predicted octanol–water partition coefficient (Wildman–Crippen LogP) is 4.19. The highest BCUT2D eigenvalue weighted by molar-refractivity contribution is 5.98. The van der Waals surface area contributed by atoms with Crippen molar-refractivity contribution >= 4 is 5.91 Å². The molecule has 4 rings (SSSR count).